The second kappa shape index (κ2) is 4.99. The third kappa shape index (κ3) is 2.28. The number of fused-ring (bicyclic) bond motifs is 3. The Morgan fingerprint density at radius 3 is 2.95 bits per heavy atom. The monoisotopic (exact) mass is 290 g/mol. The molecule has 0 bridgehead atoms. The molecule has 3 rings (SSSR count). The quantitative estimate of drug-likeness (QED) is 0.679. The molecule has 2 N–H and O–H groups in total. The predicted octanol–water partition coefficient (Wildman–Crippen LogP) is 3.16. The highest BCUT2D eigenvalue weighted by atomic mass is 32.2. The van der Waals surface area contributed by atoms with Gasteiger partial charge in [0, 0.05) is 4.88 Å². The smallest absolute Gasteiger partial charge is 0.192 e. The molecule has 0 radical (unpaired) electrons. The Hall–Kier alpha value is -1.32. The third-order valence-corrected chi connectivity index (χ3v) is 5.32. The number of hydrogen-bond donors (Lipinski definition) is 1. The van der Waals surface area contributed by atoms with Gasteiger partial charge in [0.15, 0.2) is 5.16 Å². The molecule has 0 aliphatic heterocycles. The fourth-order valence-corrected chi connectivity index (χ4v) is 4.39. The lowest BCUT2D eigenvalue weighted by atomic mass is 9.97. The van der Waals surface area contributed by atoms with Gasteiger partial charge in [0.05, 0.1) is 16.7 Å². The van der Waals surface area contributed by atoms with Crippen LogP contribution in [0, 0.1) is 11.3 Å². The maximum atomic E-state index is 8.86. The number of nitrogens with two attached hydrogens (primary N) is 1. The van der Waals surface area contributed by atoms with Crippen LogP contribution in [0.15, 0.2) is 5.16 Å². The molecule has 1 atom stereocenters. The summed E-state index contributed by atoms with van der Waals surface area (Å²) in [4.78, 5) is 11.3. The highest BCUT2D eigenvalue weighted by Gasteiger charge is 2.20. The van der Waals surface area contributed by atoms with Crippen molar-refractivity contribution in [2.75, 3.05) is 5.73 Å². The second-order valence-corrected chi connectivity index (χ2v) is 7.06. The van der Waals surface area contributed by atoms with Crippen molar-refractivity contribution in [1.29, 1.82) is 5.26 Å². The normalized spacial score (nSPS) is 16.0. The fraction of sp³-hybridized carbons (Fsp3) is 0.462. The van der Waals surface area contributed by atoms with Gasteiger partial charge in [-0.3, -0.25) is 0 Å². The molecule has 2 aromatic heterocycles. The van der Waals surface area contributed by atoms with Crippen LogP contribution in [-0.4, -0.2) is 15.2 Å². The van der Waals surface area contributed by atoms with Gasteiger partial charge in [-0.05, 0) is 38.2 Å². The van der Waals surface area contributed by atoms with Gasteiger partial charge < -0.3 is 5.73 Å². The summed E-state index contributed by atoms with van der Waals surface area (Å²) >= 11 is 3.10. The average molecular weight is 290 g/mol. The van der Waals surface area contributed by atoms with Crippen molar-refractivity contribution < 1.29 is 0 Å². The molecule has 1 aliphatic rings. The molecule has 0 unspecified atom stereocenters. The van der Waals surface area contributed by atoms with Gasteiger partial charge in [0.25, 0.3) is 0 Å². The van der Waals surface area contributed by atoms with Crippen LogP contribution in [0.5, 0.6) is 0 Å². The molecule has 6 heteroatoms. The van der Waals surface area contributed by atoms with Crippen molar-refractivity contribution in [3.8, 4) is 6.07 Å². The number of aromatic nitrogens is 2. The highest BCUT2D eigenvalue weighted by molar-refractivity contribution is 8.00. The van der Waals surface area contributed by atoms with E-state index in [1.54, 1.807) is 11.3 Å². The van der Waals surface area contributed by atoms with Gasteiger partial charge in [0.2, 0.25) is 0 Å². The first-order valence-electron chi connectivity index (χ1n) is 6.33. The number of hydrogen-bond acceptors (Lipinski definition) is 6. The van der Waals surface area contributed by atoms with Gasteiger partial charge in [-0.25, -0.2) is 9.97 Å². The Kier molecular flexibility index (Phi) is 3.33. The largest absolute Gasteiger partial charge is 0.383 e. The molecule has 2 aromatic rings. The zero-order valence-electron chi connectivity index (χ0n) is 10.6. The second-order valence-electron chi connectivity index (χ2n) is 4.67. The summed E-state index contributed by atoms with van der Waals surface area (Å²) in [6, 6.07) is 2.18. The number of anilines is 1. The minimum Gasteiger partial charge on any atom is -0.383 e. The van der Waals surface area contributed by atoms with Crippen molar-refractivity contribution in [2.45, 2.75) is 43.0 Å². The van der Waals surface area contributed by atoms with E-state index >= 15 is 0 Å². The molecule has 0 aromatic carbocycles. The number of aryl methyl sites for hydroxylation is 2. The van der Waals surface area contributed by atoms with Crippen molar-refractivity contribution >= 4 is 39.1 Å². The van der Waals surface area contributed by atoms with E-state index in [4.69, 9.17) is 11.0 Å². The maximum Gasteiger partial charge on any atom is 0.192 e. The summed E-state index contributed by atoms with van der Waals surface area (Å²) in [6.07, 6.45) is 4.69. The van der Waals surface area contributed by atoms with E-state index in [-0.39, 0.29) is 5.25 Å². The Morgan fingerprint density at radius 2 is 2.16 bits per heavy atom. The fourth-order valence-electron chi connectivity index (χ4n) is 2.40. The van der Waals surface area contributed by atoms with Crippen molar-refractivity contribution in [2.24, 2.45) is 0 Å². The topological polar surface area (TPSA) is 75.6 Å². The van der Waals surface area contributed by atoms with E-state index in [1.165, 1.54) is 35.0 Å². The van der Waals surface area contributed by atoms with E-state index in [9.17, 15) is 0 Å². The molecule has 0 spiro atoms. The molecular weight excluding hydrogens is 276 g/mol. The summed E-state index contributed by atoms with van der Waals surface area (Å²) in [7, 11) is 0. The molecule has 2 heterocycles. The molecule has 98 valence electrons. The van der Waals surface area contributed by atoms with Crippen LogP contribution >= 0.6 is 23.1 Å². The zero-order valence-corrected chi connectivity index (χ0v) is 12.3. The van der Waals surface area contributed by atoms with Crippen LogP contribution < -0.4 is 5.73 Å². The summed E-state index contributed by atoms with van der Waals surface area (Å²) in [5.41, 5.74) is 7.46. The van der Waals surface area contributed by atoms with Gasteiger partial charge >= 0.3 is 0 Å². The van der Waals surface area contributed by atoms with Gasteiger partial charge in [-0.15, -0.1) is 11.3 Å². The average Bonchev–Trinajstić information content (AvgIpc) is 2.76. The predicted molar refractivity (Wildman–Crippen MR) is 79.4 cm³/mol. The highest BCUT2D eigenvalue weighted by Crippen LogP contribution is 2.38. The number of thiophene rings is 1. The molecule has 0 amide bonds. The number of nitrogens with zero attached hydrogens (tertiary/aromatic N) is 3. The molecule has 0 saturated heterocycles. The first kappa shape index (κ1) is 12.7. The Bertz CT molecular complexity index is 671. The van der Waals surface area contributed by atoms with E-state index in [1.807, 2.05) is 6.92 Å². The van der Waals surface area contributed by atoms with Crippen LogP contribution in [0.25, 0.3) is 10.2 Å². The molecule has 4 nitrogen and oxygen atoms in total. The minimum atomic E-state index is -0.161. The lowest BCUT2D eigenvalue weighted by molar-refractivity contribution is 0.700. The van der Waals surface area contributed by atoms with Crippen LogP contribution in [0.1, 0.15) is 30.2 Å². The number of rotatable bonds is 2. The minimum absolute atomic E-state index is 0.161. The van der Waals surface area contributed by atoms with E-state index in [2.05, 4.69) is 16.0 Å². The van der Waals surface area contributed by atoms with Crippen molar-refractivity contribution in [3.63, 3.8) is 0 Å². The first-order chi connectivity index (χ1) is 9.19. The van der Waals surface area contributed by atoms with Gasteiger partial charge in [-0.2, -0.15) is 5.26 Å². The lowest BCUT2D eigenvalue weighted by Crippen LogP contribution is -2.02. The van der Waals surface area contributed by atoms with Crippen LogP contribution in [0.4, 0.5) is 5.82 Å². The van der Waals surface area contributed by atoms with E-state index in [0.29, 0.717) is 11.0 Å². The Balaban J connectivity index is 2.09. The SMILES string of the molecule is C[C@H](C#N)Sc1nc(N)c2c3c(sc2n1)CCCC3. The summed E-state index contributed by atoms with van der Waals surface area (Å²) in [5, 5.41) is 10.4. The molecular formula is C13H14N4S2. The van der Waals surface area contributed by atoms with Crippen LogP contribution in [-0.2, 0) is 12.8 Å². The van der Waals surface area contributed by atoms with Gasteiger partial charge in [-0.1, -0.05) is 11.8 Å². The number of nitriles is 1. The molecule has 0 fully saturated rings. The van der Waals surface area contributed by atoms with Crippen molar-refractivity contribution in [3.05, 3.63) is 10.4 Å². The summed E-state index contributed by atoms with van der Waals surface area (Å²) in [6.45, 7) is 1.84. The summed E-state index contributed by atoms with van der Waals surface area (Å²) < 4.78 is 0. The van der Waals surface area contributed by atoms with Crippen molar-refractivity contribution in [1.82, 2.24) is 9.97 Å². The van der Waals surface area contributed by atoms with E-state index in [0.717, 1.165) is 23.1 Å². The standard InChI is InChI=1S/C13H14N4S2/c1-7(6-14)18-13-16-11(15)10-8-4-2-3-5-9(8)19-12(10)17-13/h7H,2-5H2,1H3,(H2,15,16,17)/t7-/m1/s1. The van der Waals surface area contributed by atoms with Crippen LogP contribution in [0.2, 0.25) is 0 Å². The summed E-state index contributed by atoms with van der Waals surface area (Å²) in [5.74, 6) is 0.567. The number of thioether (sulfide) groups is 1. The maximum absolute atomic E-state index is 8.86. The first-order valence-corrected chi connectivity index (χ1v) is 8.02. The lowest BCUT2D eigenvalue weighted by Gasteiger charge is -2.10. The van der Waals surface area contributed by atoms with E-state index < -0.39 is 0 Å². The number of nitrogen functional groups attached to an aromatic ring is 1. The molecule has 1 aliphatic carbocycles. The third-order valence-electron chi connectivity index (χ3n) is 3.29. The molecule has 19 heavy (non-hydrogen) atoms. The Morgan fingerprint density at radius 1 is 1.37 bits per heavy atom. The van der Waals surface area contributed by atoms with Gasteiger partial charge in [0.1, 0.15) is 10.6 Å². The molecule has 0 saturated carbocycles. The van der Waals surface area contributed by atoms with Crippen LogP contribution in [0.3, 0.4) is 0 Å². The zero-order chi connectivity index (χ0) is 13.4. The Labute approximate surface area is 120 Å².